The molecule has 11 heteroatoms. The Kier molecular flexibility index (Phi) is 4.09. The van der Waals surface area contributed by atoms with E-state index in [0.29, 0.717) is 5.01 Å². The van der Waals surface area contributed by atoms with Crippen molar-refractivity contribution in [3.63, 3.8) is 0 Å². The lowest BCUT2D eigenvalue weighted by Gasteiger charge is -2.05. The number of hydrogen-bond donors (Lipinski definition) is 2. The third kappa shape index (κ3) is 2.98. The van der Waals surface area contributed by atoms with Gasteiger partial charge in [-0.3, -0.25) is 4.68 Å². The van der Waals surface area contributed by atoms with Gasteiger partial charge >= 0.3 is 5.97 Å². The van der Waals surface area contributed by atoms with E-state index >= 15 is 0 Å². The second-order valence-corrected chi connectivity index (χ2v) is 6.71. The molecule has 0 aliphatic rings. The first-order valence-corrected chi connectivity index (χ1v) is 7.90. The summed E-state index contributed by atoms with van der Waals surface area (Å²) in [5.74, 6) is -1.16. The molecule has 0 spiro atoms. The number of nitrogens with zero attached hydrogens (tertiary/aromatic N) is 3. The van der Waals surface area contributed by atoms with E-state index in [4.69, 9.17) is 16.7 Å². The van der Waals surface area contributed by atoms with Crippen molar-refractivity contribution in [3.8, 4) is 0 Å². The van der Waals surface area contributed by atoms with Gasteiger partial charge in [0.1, 0.15) is 5.01 Å². The number of carboxylic acid groups (broad SMARTS) is 1. The number of sulfonamides is 1. The standard InChI is InChI=1S/C9H9ClN4O4S2/c1-14-8(5(10)2-11-14)20(17,18)12-3-7-13-6(4-19-7)9(15)16/h2,4,12H,3H2,1H3,(H,15,16). The summed E-state index contributed by atoms with van der Waals surface area (Å²) in [6.07, 6.45) is 1.22. The number of nitrogens with one attached hydrogen (secondary N) is 1. The molecular formula is C9H9ClN4O4S2. The van der Waals surface area contributed by atoms with Crippen molar-refractivity contribution in [2.45, 2.75) is 11.6 Å². The average molecular weight is 337 g/mol. The van der Waals surface area contributed by atoms with E-state index in [-0.39, 0.29) is 22.3 Å². The number of aromatic carboxylic acids is 1. The van der Waals surface area contributed by atoms with Crippen molar-refractivity contribution in [1.82, 2.24) is 19.5 Å². The number of aryl methyl sites for hydroxylation is 1. The Morgan fingerprint density at radius 1 is 1.60 bits per heavy atom. The molecule has 0 radical (unpaired) electrons. The van der Waals surface area contributed by atoms with Crippen molar-refractivity contribution >= 4 is 38.9 Å². The van der Waals surface area contributed by atoms with Gasteiger partial charge in [-0.15, -0.1) is 11.3 Å². The maximum absolute atomic E-state index is 12.1. The van der Waals surface area contributed by atoms with Gasteiger partial charge in [0.2, 0.25) is 0 Å². The minimum absolute atomic E-state index is 0.00497. The summed E-state index contributed by atoms with van der Waals surface area (Å²) < 4.78 is 27.5. The fourth-order valence-corrected chi connectivity index (χ4v) is 3.85. The molecule has 0 aromatic carbocycles. The van der Waals surface area contributed by atoms with Crippen LogP contribution in [0, 0.1) is 0 Å². The molecule has 2 aromatic rings. The molecule has 0 fully saturated rings. The largest absolute Gasteiger partial charge is 0.476 e. The summed E-state index contributed by atoms with van der Waals surface area (Å²) in [4.78, 5) is 14.4. The van der Waals surface area contributed by atoms with Crippen LogP contribution < -0.4 is 4.72 Å². The maximum Gasteiger partial charge on any atom is 0.355 e. The summed E-state index contributed by atoms with van der Waals surface area (Å²) in [5.41, 5.74) is -0.122. The molecule has 108 valence electrons. The van der Waals surface area contributed by atoms with E-state index in [1.54, 1.807) is 0 Å². The third-order valence-corrected chi connectivity index (χ3v) is 5.04. The summed E-state index contributed by atoms with van der Waals surface area (Å²) in [5, 5.41) is 14.0. The lowest BCUT2D eigenvalue weighted by atomic mass is 10.5. The Morgan fingerprint density at radius 2 is 2.30 bits per heavy atom. The normalized spacial score (nSPS) is 11.7. The summed E-state index contributed by atoms with van der Waals surface area (Å²) in [7, 11) is -2.40. The quantitative estimate of drug-likeness (QED) is 0.831. The van der Waals surface area contributed by atoms with Gasteiger partial charge in [0.25, 0.3) is 10.0 Å². The molecule has 0 saturated heterocycles. The molecule has 2 rings (SSSR count). The molecular weight excluding hydrogens is 328 g/mol. The molecule has 20 heavy (non-hydrogen) atoms. The zero-order valence-corrected chi connectivity index (χ0v) is 12.5. The van der Waals surface area contributed by atoms with E-state index in [9.17, 15) is 13.2 Å². The number of rotatable bonds is 5. The lowest BCUT2D eigenvalue weighted by molar-refractivity contribution is 0.0691. The molecule has 0 aliphatic heterocycles. The van der Waals surface area contributed by atoms with E-state index < -0.39 is 16.0 Å². The van der Waals surface area contributed by atoms with Crippen LogP contribution >= 0.6 is 22.9 Å². The molecule has 2 N–H and O–H groups in total. The highest BCUT2D eigenvalue weighted by Gasteiger charge is 2.23. The molecule has 0 unspecified atom stereocenters. The zero-order chi connectivity index (χ0) is 14.9. The van der Waals surface area contributed by atoms with Crippen molar-refractivity contribution in [1.29, 1.82) is 0 Å². The van der Waals surface area contributed by atoms with Crippen LogP contribution in [0.3, 0.4) is 0 Å². The van der Waals surface area contributed by atoms with E-state index in [0.717, 1.165) is 16.0 Å². The smallest absolute Gasteiger partial charge is 0.355 e. The number of hydrogen-bond acceptors (Lipinski definition) is 6. The van der Waals surface area contributed by atoms with Gasteiger partial charge in [-0.05, 0) is 0 Å². The molecule has 0 aliphatic carbocycles. The van der Waals surface area contributed by atoms with Crippen molar-refractivity contribution in [3.05, 3.63) is 27.3 Å². The summed E-state index contributed by atoms with van der Waals surface area (Å²) in [6.45, 7) is -0.123. The van der Waals surface area contributed by atoms with E-state index in [1.807, 2.05) is 0 Å². The van der Waals surface area contributed by atoms with Crippen molar-refractivity contribution in [2.75, 3.05) is 0 Å². The first-order valence-electron chi connectivity index (χ1n) is 5.16. The number of aromatic nitrogens is 3. The zero-order valence-electron chi connectivity index (χ0n) is 10.1. The predicted octanol–water partition coefficient (Wildman–Crippen LogP) is 0.707. The Balaban J connectivity index is 2.15. The van der Waals surface area contributed by atoms with Crippen LogP contribution in [-0.2, 0) is 23.6 Å². The van der Waals surface area contributed by atoms with Crippen LogP contribution in [0.25, 0.3) is 0 Å². The molecule has 2 heterocycles. The molecule has 0 atom stereocenters. The molecule has 2 aromatic heterocycles. The molecule has 0 amide bonds. The first-order chi connectivity index (χ1) is 9.31. The van der Waals surface area contributed by atoms with Gasteiger partial charge in [0.15, 0.2) is 10.7 Å². The van der Waals surface area contributed by atoms with Gasteiger partial charge in [-0.25, -0.2) is 22.9 Å². The van der Waals surface area contributed by atoms with Crippen LogP contribution in [0.2, 0.25) is 5.02 Å². The highest BCUT2D eigenvalue weighted by Crippen LogP contribution is 2.20. The van der Waals surface area contributed by atoms with Gasteiger partial charge in [-0.1, -0.05) is 11.6 Å². The van der Waals surface area contributed by atoms with Gasteiger partial charge < -0.3 is 5.11 Å². The first kappa shape index (κ1) is 14.9. The number of carbonyl (C=O) groups is 1. The van der Waals surface area contributed by atoms with Crippen LogP contribution in [0.1, 0.15) is 15.5 Å². The van der Waals surface area contributed by atoms with Crippen LogP contribution in [0.5, 0.6) is 0 Å². The van der Waals surface area contributed by atoms with Gasteiger partial charge in [-0.2, -0.15) is 5.10 Å². The van der Waals surface area contributed by atoms with Crippen LogP contribution in [-0.4, -0.2) is 34.3 Å². The van der Waals surface area contributed by atoms with Crippen molar-refractivity contribution in [2.24, 2.45) is 7.05 Å². The molecule has 0 bridgehead atoms. The van der Waals surface area contributed by atoms with Crippen LogP contribution in [0.15, 0.2) is 16.6 Å². The average Bonchev–Trinajstić information content (AvgIpc) is 2.94. The van der Waals surface area contributed by atoms with Gasteiger partial charge in [0, 0.05) is 12.4 Å². The highest BCUT2D eigenvalue weighted by atomic mass is 35.5. The number of halogens is 1. The monoisotopic (exact) mass is 336 g/mol. The highest BCUT2D eigenvalue weighted by molar-refractivity contribution is 7.89. The summed E-state index contributed by atoms with van der Waals surface area (Å²) >= 11 is 6.81. The predicted molar refractivity (Wildman–Crippen MR) is 71.3 cm³/mol. The maximum atomic E-state index is 12.1. The Labute approximate surface area is 123 Å². The Bertz CT molecular complexity index is 732. The van der Waals surface area contributed by atoms with Crippen LogP contribution in [0.4, 0.5) is 0 Å². The minimum Gasteiger partial charge on any atom is -0.476 e. The fraction of sp³-hybridized carbons (Fsp3) is 0.222. The number of thiazole rings is 1. The molecule has 8 nitrogen and oxygen atoms in total. The second kappa shape index (κ2) is 5.48. The minimum atomic E-state index is -3.85. The SMILES string of the molecule is Cn1ncc(Cl)c1S(=O)(=O)NCc1nc(C(=O)O)cs1. The topological polar surface area (TPSA) is 114 Å². The second-order valence-electron chi connectivity index (χ2n) is 3.68. The van der Waals surface area contributed by atoms with E-state index in [2.05, 4.69) is 14.8 Å². The lowest BCUT2D eigenvalue weighted by Crippen LogP contribution is -2.25. The third-order valence-electron chi connectivity index (χ3n) is 2.28. The Morgan fingerprint density at radius 3 is 2.80 bits per heavy atom. The van der Waals surface area contributed by atoms with Crippen molar-refractivity contribution < 1.29 is 18.3 Å². The van der Waals surface area contributed by atoms with E-state index in [1.165, 1.54) is 18.6 Å². The van der Waals surface area contributed by atoms with Gasteiger partial charge in [0.05, 0.1) is 17.8 Å². The number of carboxylic acids is 1. The Hall–Kier alpha value is -1.49. The fourth-order valence-electron chi connectivity index (χ4n) is 1.42. The molecule has 0 saturated carbocycles. The summed E-state index contributed by atoms with van der Waals surface area (Å²) in [6, 6.07) is 0.